The maximum atomic E-state index is 14.1. The molecule has 0 radical (unpaired) electrons. The highest BCUT2D eigenvalue weighted by atomic mass is 19.1. The molecule has 3 heterocycles. The Bertz CT molecular complexity index is 1790. The number of anilines is 2. The van der Waals surface area contributed by atoms with Crippen molar-refractivity contribution in [1.82, 2.24) is 30.0 Å². The number of nitrogen functional groups attached to an aromatic ring is 1. The van der Waals surface area contributed by atoms with Crippen LogP contribution in [0.15, 0.2) is 75.9 Å². The molecule has 0 saturated heterocycles. The third-order valence-electron chi connectivity index (χ3n) is 5.69. The monoisotopic (exact) mass is 514 g/mol. The second-order valence-corrected chi connectivity index (χ2v) is 8.16. The number of amides is 1. The van der Waals surface area contributed by atoms with E-state index in [0.717, 1.165) is 12.1 Å². The van der Waals surface area contributed by atoms with Gasteiger partial charge >= 0.3 is 0 Å². The van der Waals surface area contributed by atoms with Crippen molar-refractivity contribution in [1.29, 1.82) is 0 Å². The summed E-state index contributed by atoms with van der Waals surface area (Å²) in [6.07, 6.45) is 0. The van der Waals surface area contributed by atoms with Crippen LogP contribution >= 0.6 is 0 Å². The zero-order chi connectivity index (χ0) is 26.2. The number of nitrogens with one attached hydrogen (secondary N) is 1. The average molecular weight is 514 g/mol. The summed E-state index contributed by atoms with van der Waals surface area (Å²) in [7, 11) is 0. The first-order chi connectivity index (χ1) is 18.5. The van der Waals surface area contributed by atoms with E-state index in [0.29, 0.717) is 28.1 Å². The Morgan fingerprint density at radius 1 is 0.947 bits per heavy atom. The van der Waals surface area contributed by atoms with E-state index >= 15 is 0 Å². The van der Waals surface area contributed by atoms with Crippen LogP contribution in [0, 0.1) is 11.6 Å². The molecule has 0 saturated carbocycles. The Balaban J connectivity index is 1.26. The van der Waals surface area contributed by atoms with Crippen LogP contribution < -0.4 is 11.1 Å². The number of fused-ring (bicyclic) bond motifs is 1. The highest BCUT2D eigenvalue weighted by molar-refractivity contribution is 5.93. The first-order valence-corrected chi connectivity index (χ1v) is 11.2. The second-order valence-electron chi connectivity index (χ2n) is 8.16. The van der Waals surface area contributed by atoms with Crippen LogP contribution in [-0.4, -0.2) is 35.9 Å². The minimum absolute atomic E-state index is 0.0458. The van der Waals surface area contributed by atoms with Crippen LogP contribution in [0.1, 0.15) is 0 Å². The van der Waals surface area contributed by atoms with Gasteiger partial charge in [-0.15, -0.1) is 0 Å². The fourth-order valence-electron chi connectivity index (χ4n) is 3.99. The summed E-state index contributed by atoms with van der Waals surface area (Å²) in [5, 5.41) is 14.1. The van der Waals surface area contributed by atoms with Crippen molar-refractivity contribution in [2.24, 2.45) is 0 Å². The van der Waals surface area contributed by atoms with Gasteiger partial charge in [0, 0.05) is 11.3 Å². The molecule has 0 bridgehead atoms. The lowest BCUT2D eigenvalue weighted by molar-refractivity contribution is -0.116. The van der Waals surface area contributed by atoms with Crippen LogP contribution in [0.4, 0.5) is 20.3 Å². The number of halogens is 2. The van der Waals surface area contributed by atoms with Gasteiger partial charge in [-0.25, -0.2) is 18.4 Å². The number of hydrogen-bond donors (Lipinski definition) is 2. The Labute approximate surface area is 211 Å². The van der Waals surface area contributed by atoms with Crippen molar-refractivity contribution in [3.8, 4) is 34.4 Å². The lowest BCUT2D eigenvalue weighted by Gasteiger charge is -2.09. The van der Waals surface area contributed by atoms with Gasteiger partial charge in [-0.05, 0) is 46.7 Å². The topological polar surface area (TPSA) is 151 Å². The summed E-state index contributed by atoms with van der Waals surface area (Å²) in [5.74, 6) is -1.85. The van der Waals surface area contributed by atoms with Gasteiger partial charge in [-0.1, -0.05) is 35.5 Å². The third-order valence-corrected chi connectivity index (χ3v) is 5.69. The minimum Gasteiger partial charge on any atom is -0.379 e. The van der Waals surface area contributed by atoms with Gasteiger partial charge in [0.15, 0.2) is 17.3 Å². The number of nitrogens with zero attached hydrogens (tertiary/aromatic N) is 6. The smallest absolute Gasteiger partial charge is 0.264 e. The number of aromatic nitrogens is 6. The van der Waals surface area contributed by atoms with Crippen LogP contribution in [-0.2, 0) is 11.3 Å². The molecule has 0 aliphatic rings. The lowest BCUT2D eigenvalue weighted by Crippen LogP contribution is -2.19. The Hall–Kier alpha value is -5.46. The number of rotatable bonds is 6. The van der Waals surface area contributed by atoms with E-state index in [1.807, 2.05) is 18.2 Å². The Kier molecular flexibility index (Phi) is 5.56. The van der Waals surface area contributed by atoms with Crippen molar-refractivity contribution in [3.63, 3.8) is 0 Å². The van der Waals surface area contributed by atoms with Gasteiger partial charge < -0.3 is 20.1 Å². The summed E-state index contributed by atoms with van der Waals surface area (Å²) in [4.78, 5) is 21.7. The first-order valence-electron chi connectivity index (χ1n) is 11.2. The number of hydrogen-bond acceptors (Lipinski definition) is 9. The maximum Gasteiger partial charge on any atom is 0.264 e. The number of benzene rings is 3. The third kappa shape index (κ3) is 4.11. The van der Waals surface area contributed by atoms with E-state index in [9.17, 15) is 13.6 Å². The maximum absolute atomic E-state index is 14.1. The molecule has 3 N–H and O–H groups in total. The largest absolute Gasteiger partial charge is 0.379 e. The summed E-state index contributed by atoms with van der Waals surface area (Å²) in [5.41, 5.74) is 7.89. The molecule has 0 aliphatic heterocycles. The Morgan fingerprint density at radius 2 is 1.74 bits per heavy atom. The number of carbonyl (C=O) groups excluding carboxylic acids is 1. The average Bonchev–Trinajstić information content (AvgIpc) is 3.63. The molecule has 1 amide bonds. The van der Waals surface area contributed by atoms with Crippen molar-refractivity contribution < 1.29 is 22.7 Å². The molecule has 6 aromatic rings. The van der Waals surface area contributed by atoms with Crippen molar-refractivity contribution in [2.45, 2.75) is 6.54 Å². The molecule has 0 fully saturated rings. The molecular weight excluding hydrogens is 498 g/mol. The lowest BCUT2D eigenvalue weighted by atomic mass is 10.1. The van der Waals surface area contributed by atoms with Gasteiger partial charge in [-0.3, -0.25) is 4.79 Å². The van der Waals surface area contributed by atoms with Crippen molar-refractivity contribution in [2.75, 3.05) is 11.1 Å². The van der Waals surface area contributed by atoms with Gasteiger partial charge in [0.25, 0.3) is 5.89 Å². The minimum atomic E-state index is -0.823. The molecule has 0 aliphatic carbocycles. The molecule has 0 spiro atoms. The van der Waals surface area contributed by atoms with E-state index in [1.165, 1.54) is 6.07 Å². The van der Waals surface area contributed by atoms with Gasteiger partial charge in [-0.2, -0.15) is 4.98 Å². The fourth-order valence-corrected chi connectivity index (χ4v) is 3.99. The number of nitrogens with two attached hydrogens (primary N) is 1. The molecule has 6 rings (SSSR count). The van der Waals surface area contributed by atoms with E-state index in [2.05, 4.69) is 30.8 Å². The predicted molar refractivity (Wildman–Crippen MR) is 131 cm³/mol. The first kappa shape index (κ1) is 23.0. The second kappa shape index (κ2) is 9.20. The molecule has 38 heavy (non-hydrogen) atoms. The molecule has 3 aromatic heterocycles. The SMILES string of the molecule is Nc1nonc1-c1nc2ccccc2n1CC(=O)Nc1cccc(-c2noc(-c3c(F)cccc3F)n2)c1. The number of carbonyl (C=O) groups is 1. The standard InChI is InChI=1S/C25H16F2N8O3/c26-15-7-4-8-16(27)20(15)25-31-23(34-37-25)13-5-3-6-14(11-13)29-19(36)12-35-18-10-2-1-9-17(18)30-24(35)21-22(28)33-38-32-21/h1-11H,12H2,(H2,28,33)(H,29,36). The molecule has 13 heteroatoms. The number of para-hydroxylation sites is 2. The molecule has 0 atom stereocenters. The normalized spacial score (nSPS) is 11.2. The molecule has 3 aromatic carbocycles. The van der Waals surface area contributed by atoms with Crippen LogP contribution in [0.25, 0.3) is 45.4 Å². The summed E-state index contributed by atoms with van der Waals surface area (Å²) < 4.78 is 39.7. The fraction of sp³-hybridized carbons (Fsp3) is 0.0400. The molecular formula is C25H16F2N8O3. The summed E-state index contributed by atoms with van der Waals surface area (Å²) in [6, 6.07) is 17.3. The van der Waals surface area contributed by atoms with Crippen molar-refractivity contribution >= 4 is 28.4 Å². The summed E-state index contributed by atoms with van der Waals surface area (Å²) in [6.45, 7) is -0.120. The molecule has 188 valence electrons. The van der Waals surface area contributed by atoms with Crippen molar-refractivity contribution in [3.05, 3.63) is 78.4 Å². The molecule has 11 nitrogen and oxygen atoms in total. The van der Waals surface area contributed by atoms with E-state index < -0.39 is 17.2 Å². The highest BCUT2D eigenvalue weighted by Crippen LogP contribution is 2.29. The summed E-state index contributed by atoms with van der Waals surface area (Å²) >= 11 is 0. The molecule has 0 unspecified atom stereocenters. The quantitative estimate of drug-likeness (QED) is 0.331. The van der Waals surface area contributed by atoms with Gasteiger partial charge in [0.05, 0.1) is 11.0 Å². The van der Waals surface area contributed by atoms with Gasteiger partial charge in [0.1, 0.15) is 23.7 Å². The zero-order valence-corrected chi connectivity index (χ0v) is 19.3. The van der Waals surface area contributed by atoms with Gasteiger partial charge in [0.2, 0.25) is 11.7 Å². The van der Waals surface area contributed by atoms with Crippen LogP contribution in [0.5, 0.6) is 0 Å². The predicted octanol–water partition coefficient (Wildman–Crippen LogP) is 4.30. The highest BCUT2D eigenvalue weighted by Gasteiger charge is 2.21. The van der Waals surface area contributed by atoms with E-state index in [1.54, 1.807) is 34.9 Å². The Morgan fingerprint density at radius 3 is 2.53 bits per heavy atom. The van der Waals surface area contributed by atoms with Crippen LogP contribution in [0.3, 0.4) is 0 Å². The van der Waals surface area contributed by atoms with E-state index in [4.69, 9.17) is 14.9 Å². The zero-order valence-electron chi connectivity index (χ0n) is 19.3. The van der Waals surface area contributed by atoms with E-state index in [-0.39, 0.29) is 35.7 Å². The van der Waals surface area contributed by atoms with Crippen LogP contribution in [0.2, 0.25) is 0 Å². The number of imidazole rings is 1.